The highest BCUT2D eigenvalue weighted by Gasteiger charge is 2.19. The summed E-state index contributed by atoms with van der Waals surface area (Å²) in [4.78, 5) is 25.7. The molecule has 0 aliphatic heterocycles. The summed E-state index contributed by atoms with van der Waals surface area (Å²) in [6, 6.07) is 2.64. The highest BCUT2D eigenvalue weighted by Crippen LogP contribution is 2.31. The Kier molecular flexibility index (Phi) is 5.25. The normalized spacial score (nSPS) is 12.1. The molecule has 0 radical (unpaired) electrons. The van der Waals surface area contributed by atoms with Crippen LogP contribution in [0, 0.1) is 6.92 Å². The molecule has 130 valence electrons. The smallest absolute Gasteiger partial charge is 0.350 e. The lowest BCUT2D eigenvalue weighted by Gasteiger charge is -2.20. The van der Waals surface area contributed by atoms with Crippen LogP contribution in [0.3, 0.4) is 0 Å². The van der Waals surface area contributed by atoms with E-state index in [9.17, 15) is 9.59 Å². The molecule has 1 unspecified atom stereocenters. The average Bonchev–Trinajstić information content (AvgIpc) is 2.76. The molecular weight excluding hydrogens is 353 g/mol. The van der Waals surface area contributed by atoms with Crippen molar-refractivity contribution in [1.29, 1.82) is 0 Å². The van der Waals surface area contributed by atoms with Gasteiger partial charge >= 0.3 is 5.69 Å². The largest absolute Gasteiger partial charge is 0.373 e. The van der Waals surface area contributed by atoms with Crippen LogP contribution in [0.25, 0.3) is 5.69 Å². The van der Waals surface area contributed by atoms with Crippen LogP contribution in [0.4, 0.5) is 5.69 Å². The summed E-state index contributed by atoms with van der Waals surface area (Å²) in [7, 11) is 4.97. The van der Waals surface area contributed by atoms with Crippen LogP contribution in [-0.4, -0.2) is 45.3 Å². The standard InChI is InChI=1S/C15H19Cl2N5O2/c1-8(14(23)20(3)4)18-12-7-13(11(17)6-10(12)16)22-15(24)21(5)9(2)19-22/h6-8,18H,1-5H3. The van der Waals surface area contributed by atoms with Crippen molar-refractivity contribution in [1.82, 2.24) is 19.2 Å². The van der Waals surface area contributed by atoms with Crippen molar-refractivity contribution in [2.45, 2.75) is 19.9 Å². The lowest BCUT2D eigenvalue weighted by molar-refractivity contribution is -0.129. The van der Waals surface area contributed by atoms with Crippen molar-refractivity contribution in [2.24, 2.45) is 7.05 Å². The molecule has 0 bridgehead atoms. The Morgan fingerprint density at radius 3 is 2.42 bits per heavy atom. The number of anilines is 1. The van der Waals surface area contributed by atoms with Crippen molar-refractivity contribution >= 4 is 34.8 Å². The number of nitrogens with zero attached hydrogens (tertiary/aromatic N) is 4. The number of nitrogens with one attached hydrogen (secondary N) is 1. The summed E-state index contributed by atoms with van der Waals surface area (Å²) in [6.45, 7) is 3.45. The number of carbonyl (C=O) groups is 1. The van der Waals surface area contributed by atoms with E-state index in [-0.39, 0.29) is 16.6 Å². The Morgan fingerprint density at radius 2 is 1.92 bits per heavy atom. The molecule has 0 saturated heterocycles. The first kappa shape index (κ1) is 18.4. The van der Waals surface area contributed by atoms with Crippen LogP contribution in [0.15, 0.2) is 16.9 Å². The van der Waals surface area contributed by atoms with E-state index < -0.39 is 6.04 Å². The van der Waals surface area contributed by atoms with Gasteiger partial charge in [-0.3, -0.25) is 9.36 Å². The number of likely N-dealkylation sites (N-methyl/N-ethyl adjacent to an activating group) is 1. The number of hydrogen-bond acceptors (Lipinski definition) is 4. The van der Waals surface area contributed by atoms with Crippen LogP contribution in [0.2, 0.25) is 10.0 Å². The zero-order valence-corrected chi connectivity index (χ0v) is 15.6. The number of benzene rings is 1. The zero-order chi connectivity index (χ0) is 18.2. The van der Waals surface area contributed by atoms with Gasteiger partial charge in [-0.2, -0.15) is 9.78 Å². The van der Waals surface area contributed by atoms with E-state index in [0.717, 1.165) is 0 Å². The van der Waals surface area contributed by atoms with Crippen LogP contribution < -0.4 is 11.0 Å². The maximum atomic E-state index is 12.2. The fourth-order valence-corrected chi connectivity index (χ4v) is 2.70. The topological polar surface area (TPSA) is 72.2 Å². The van der Waals surface area contributed by atoms with Gasteiger partial charge in [0.15, 0.2) is 0 Å². The minimum Gasteiger partial charge on any atom is -0.373 e. The van der Waals surface area contributed by atoms with Crippen LogP contribution in [-0.2, 0) is 11.8 Å². The molecule has 0 saturated carbocycles. The van der Waals surface area contributed by atoms with Crippen LogP contribution >= 0.6 is 23.2 Å². The third-order valence-corrected chi connectivity index (χ3v) is 4.26. The summed E-state index contributed by atoms with van der Waals surface area (Å²) in [5.74, 6) is 0.449. The van der Waals surface area contributed by atoms with Crippen LogP contribution in [0.1, 0.15) is 12.7 Å². The van der Waals surface area contributed by atoms with E-state index in [4.69, 9.17) is 23.2 Å². The highest BCUT2D eigenvalue weighted by atomic mass is 35.5. The van der Waals surface area contributed by atoms with Crippen molar-refractivity contribution in [3.8, 4) is 5.69 Å². The van der Waals surface area contributed by atoms with E-state index in [1.54, 1.807) is 41.1 Å². The summed E-state index contributed by atoms with van der Waals surface area (Å²) >= 11 is 12.4. The number of rotatable bonds is 4. The first-order chi connectivity index (χ1) is 11.1. The van der Waals surface area contributed by atoms with Crippen molar-refractivity contribution in [2.75, 3.05) is 19.4 Å². The van der Waals surface area contributed by atoms with E-state index in [1.165, 1.54) is 20.2 Å². The van der Waals surface area contributed by atoms with Gasteiger partial charge in [-0.25, -0.2) is 4.79 Å². The molecule has 0 aliphatic rings. The number of halogens is 2. The number of aryl methyl sites for hydroxylation is 1. The maximum absolute atomic E-state index is 12.2. The van der Waals surface area contributed by atoms with Gasteiger partial charge in [0.25, 0.3) is 0 Å². The van der Waals surface area contributed by atoms with Gasteiger partial charge in [0.05, 0.1) is 21.4 Å². The monoisotopic (exact) mass is 371 g/mol. The van der Waals surface area contributed by atoms with Gasteiger partial charge < -0.3 is 10.2 Å². The van der Waals surface area contributed by atoms with Crippen molar-refractivity contribution in [3.05, 3.63) is 38.5 Å². The molecule has 1 N–H and O–H groups in total. The summed E-state index contributed by atoms with van der Waals surface area (Å²) < 4.78 is 2.62. The van der Waals surface area contributed by atoms with Crippen molar-refractivity contribution in [3.63, 3.8) is 0 Å². The first-order valence-corrected chi connectivity index (χ1v) is 7.98. The number of carbonyl (C=O) groups excluding carboxylic acids is 1. The minimum atomic E-state index is -0.492. The quantitative estimate of drug-likeness (QED) is 0.892. The van der Waals surface area contributed by atoms with Crippen LogP contribution in [0.5, 0.6) is 0 Å². The Hall–Kier alpha value is -1.99. The van der Waals surface area contributed by atoms with E-state index in [0.29, 0.717) is 22.2 Å². The SMILES string of the molecule is Cc1nn(-c2cc(NC(C)C(=O)N(C)C)c(Cl)cc2Cl)c(=O)n1C. The Morgan fingerprint density at radius 1 is 1.29 bits per heavy atom. The molecular formula is C15H19Cl2N5O2. The molecule has 0 aliphatic carbocycles. The number of hydrogen-bond donors (Lipinski definition) is 1. The minimum absolute atomic E-state index is 0.103. The molecule has 1 atom stereocenters. The zero-order valence-electron chi connectivity index (χ0n) is 14.1. The van der Waals surface area contributed by atoms with Gasteiger partial charge in [0.1, 0.15) is 11.9 Å². The Balaban J connectivity index is 2.47. The molecule has 2 aromatic rings. The number of aromatic nitrogens is 3. The Bertz CT molecular complexity index is 841. The van der Waals surface area contributed by atoms with E-state index in [1.807, 2.05) is 0 Å². The number of amides is 1. The van der Waals surface area contributed by atoms with E-state index in [2.05, 4.69) is 10.4 Å². The molecule has 0 fully saturated rings. The average molecular weight is 372 g/mol. The molecule has 24 heavy (non-hydrogen) atoms. The fraction of sp³-hybridized carbons (Fsp3) is 0.400. The third-order valence-electron chi connectivity index (χ3n) is 3.65. The fourth-order valence-electron chi connectivity index (χ4n) is 2.18. The van der Waals surface area contributed by atoms with Gasteiger partial charge in [0, 0.05) is 21.1 Å². The summed E-state index contributed by atoms with van der Waals surface area (Å²) in [6.07, 6.45) is 0. The van der Waals surface area contributed by atoms with E-state index >= 15 is 0 Å². The molecule has 1 aromatic heterocycles. The maximum Gasteiger partial charge on any atom is 0.350 e. The second-order valence-corrected chi connectivity index (χ2v) is 6.50. The van der Waals surface area contributed by atoms with Crippen molar-refractivity contribution < 1.29 is 4.79 Å². The van der Waals surface area contributed by atoms with Gasteiger partial charge in [-0.05, 0) is 26.0 Å². The first-order valence-electron chi connectivity index (χ1n) is 7.23. The molecule has 2 rings (SSSR count). The second-order valence-electron chi connectivity index (χ2n) is 5.68. The molecule has 7 nitrogen and oxygen atoms in total. The molecule has 1 heterocycles. The second kappa shape index (κ2) is 6.86. The molecule has 1 aromatic carbocycles. The Labute approximate surface area is 149 Å². The molecule has 1 amide bonds. The van der Waals surface area contributed by atoms with Gasteiger partial charge in [-0.1, -0.05) is 23.2 Å². The van der Waals surface area contributed by atoms with Gasteiger partial charge in [0.2, 0.25) is 5.91 Å². The predicted octanol–water partition coefficient (Wildman–Crippen LogP) is 2.07. The highest BCUT2D eigenvalue weighted by molar-refractivity contribution is 6.37. The third kappa shape index (κ3) is 3.42. The summed E-state index contributed by atoms with van der Waals surface area (Å²) in [5, 5.41) is 7.87. The molecule has 0 spiro atoms. The predicted molar refractivity (Wildman–Crippen MR) is 95.3 cm³/mol. The summed E-state index contributed by atoms with van der Waals surface area (Å²) in [5.41, 5.74) is 0.566. The lowest BCUT2D eigenvalue weighted by atomic mass is 10.2. The molecule has 9 heteroatoms. The lowest BCUT2D eigenvalue weighted by Crippen LogP contribution is -2.36. The van der Waals surface area contributed by atoms with Gasteiger partial charge in [-0.15, -0.1) is 0 Å².